The topological polar surface area (TPSA) is 53.2 Å². The number of thiocarbonyl (C=S) groups is 1. The summed E-state index contributed by atoms with van der Waals surface area (Å²) in [7, 11) is 0. The highest BCUT2D eigenvalue weighted by atomic mass is 35.6. The molecule has 0 aliphatic carbocycles. The van der Waals surface area contributed by atoms with Crippen molar-refractivity contribution in [2.45, 2.75) is 23.8 Å². The Balaban J connectivity index is 2.79. The molecule has 1 rings (SSSR count). The maximum atomic E-state index is 11.4. The van der Waals surface area contributed by atoms with Gasteiger partial charge >= 0.3 is 0 Å². The van der Waals surface area contributed by atoms with Gasteiger partial charge in [-0.1, -0.05) is 46.9 Å². The summed E-state index contributed by atoms with van der Waals surface area (Å²) in [4.78, 5) is 11.4. The number of benzene rings is 1. The SMILES string of the molecule is Cc1ccc(C)c(NC(=S)N[C@H](NC(=O)CCl)C(Cl)(Cl)Cl)c1. The molecule has 0 saturated carbocycles. The van der Waals surface area contributed by atoms with Gasteiger partial charge in [0.15, 0.2) is 5.11 Å². The highest BCUT2D eigenvalue weighted by Crippen LogP contribution is 2.29. The van der Waals surface area contributed by atoms with E-state index in [0.29, 0.717) is 0 Å². The fourth-order valence-electron chi connectivity index (χ4n) is 1.56. The summed E-state index contributed by atoms with van der Waals surface area (Å²) in [6.45, 7) is 3.90. The van der Waals surface area contributed by atoms with Crippen LogP contribution >= 0.6 is 58.6 Å². The summed E-state index contributed by atoms with van der Waals surface area (Å²) >= 11 is 28.1. The van der Waals surface area contributed by atoms with Gasteiger partial charge in [0.25, 0.3) is 0 Å². The van der Waals surface area contributed by atoms with Crippen molar-refractivity contribution in [1.29, 1.82) is 0 Å². The van der Waals surface area contributed by atoms with E-state index in [-0.39, 0.29) is 11.0 Å². The quantitative estimate of drug-likeness (QED) is 0.408. The minimum atomic E-state index is -1.80. The lowest BCUT2D eigenvalue weighted by Crippen LogP contribution is -2.56. The highest BCUT2D eigenvalue weighted by molar-refractivity contribution is 7.80. The third-order valence-corrected chi connectivity index (χ3v) is 3.79. The summed E-state index contributed by atoms with van der Waals surface area (Å²) in [5.41, 5.74) is 2.90. The van der Waals surface area contributed by atoms with Gasteiger partial charge in [-0.15, -0.1) is 11.6 Å². The smallest absolute Gasteiger partial charge is 0.236 e. The van der Waals surface area contributed by atoms with E-state index in [4.69, 9.17) is 58.6 Å². The molecule has 0 radical (unpaired) electrons. The van der Waals surface area contributed by atoms with Gasteiger partial charge in [-0.2, -0.15) is 0 Å². The second-order valence-corrected chi connectivity index (χ2v) is 7.64. The number of alkyl halides is 4. The third kappa shape index (κ3) is 6.34. The molecule has 0 aliphatic heterocycles. The number of carbonyl (C=O) groups is 1. The lowest BCUT2D eigenvalue weighted by molar-refractivity contribution is -0.119. The molecular weight excluding hydrogens is 388 g/mol. The van der Waals surface area contributed by atoms with Crippen LogP contribution in [-0.4, -0.2) is 26.9 Å². The minimum Gasteiger partial charge on any atom is -0.339 e. The van der Waals surface area contributed by atoms with Gasteiger partial charge in [0.2, 0.25) is 9.70 Å². The Hall–Kier alpha value is -0.460. The van der Waals surface area contributed by atoms with Crippen LogP contribution in [0.4, 0.5) is 5.69 Å². The Morgan fingerprint density at radius 2 is 1.91 bits per heavy atom. The molecule has 0 fully saturated rings. The van der Waals surface area contributed by atoms with Crippen LogP contribution in [0, 0.1) is 13.8 Å². The van der Waals surface area contributed by atoms with Crippen LogP contribution in [-0.2, 0) is 4.79 Å². The number of hydrogen-bond donors (Lipinski definition) is 3. The number of carbonyl (C=O) groups excluding carboxylic acids is 1. The van der Waals surface area contributed by atoms with Crippen LogP contribution in [0.25, 0.3) is 0 Å². The normalized spacial score (nSPS) is 12.5. The monoisotopic (exact) mass is 401 g/mol. The van der Waals surface area contributed by atoms with E-state index in [0.717, 1.165) is 16.8 Å². The zero-order valence-electron chi connectivity index (χ0n) is 11.8. The van der Waals surface area contributed by atoms with Gasteiger partial charge in [0, 0.05) is 5.69 Å². The van der Waals surface area contributed by atoms with Gasteiger partial charge in [-0.25, -0.2) is 0 Å². The number of amides is 1. The molecule has 1 amide bonds. The van der Waals surface area contributed by atoms with Crippen molar-refractivity contribution in [1.82, 2.24) is 10.6 Å². The summed E-state index contributed by atoms with van der Waals surface area (Å²) in [6, 6.07) is 5.88. The van der Waals surface area contributed by atoms with E-state index in [1.165, 1.54) is 0 Å². The Morgan fingerprint density at radius 1 is 1.27 bits per heavy atom. The number of aryl methyl sites for hydroxylation is 2. The zero-order valence-corrected chi connectivity index (χ0v) is 15.7. The maximum Gasteiger partial charge on any atom is 0.236 e. The van der Waals surface area contributed by atoms with E-state index >= 15 is 0 Å². The molecule has 22 heavy (non-hydrogen) atoms. The number of rotatable bonds is 4. The number of nitrogens with one attached hydrogen (secondary N) is 3. The van der Waals surface area contributed by atoms with Crippen LogP contribution in [0.15, 0.2) is 18.2 Å². The highest BCUT2D eigenvalue weighted by Gasteiger charge is 2.34. The number of halogens is 4. The van der Waals surface area contributed by atoms with Crippen LogP contribution in [0.5, 0.6) is 0 Å². The van der Waals surface area contributed by atoms with Gasteiger partial charge in [0.1, 0.15) is 12.0 Å². The Bertz CT molecular complexity index is 563. The summed E-state index contributed by atoms with van der Waals surface area (Å²) in [5.74, 6) is -0.740. The Labute approximate surface area is 154 Å². The van der Waals surface area contributed by atoms with E-state index in [2.05, 4.69) is 16.0 Å². The second-order valence-electron chi connectivity index (χ2n) is 4.59. The van der Waals surface area contributed by atoms with Gasteiger partial charge in [-0.3, -0.25) is 4.79 Å². The molecule has 0 heterocycles. The average Bonchev–Trinajstić information content (AvgIpc) is 2.41. The standard InChI is InChI=1S/C13H15Cl4N3OS/c1-7-3-4-8(2)9(5-7)18-12(22)20-11(13(15,16)17)19-10(21)6-14/h3-5,11H,6H2,1-2H3,(H,19,21)(H2,18,20,22)/t11-/m0/s1. The molecule has 0 aliphatic rings. The molecule has 1 aromatic rings. The van der Waals surface area contributed by atoms with Crippen molar-refractivity contribution < 1.29 is 4.79 Å². The lowest BCUT2D eigenvalue weighted by atomic mass is 10.1. The lowest BCUT2D eigenvalue weighted by Gasteiger charge is -2.27. The van der Waals surface area contributed by atoms with Gasteiger partial charge in [-0.05, 0) is 43.3 Å². The van der Waals surface area contributed by atoms with Crippen LogP contribution in [0.2, 0.25) is 0 Å². The second kappa shape index (κ2) is 8.41. The maximum absolute atomic E-state index is 11.4. The van der Waals surface area contributed by atoms with Gasteiger partial charge < -0.3 is 16.0 Å². The summed E-state index contributed by atoms with van der Waals surface area (Å²) in [5, 5.41) is 8.41. The number of anilines is 1. The third-order valence-electron chi connectivity index (χ3n) is 2.67. The van der Waals surface area contributed by atoms with Crippen LogP contribution in [0.3, 0.4) is 0 Å². The average molecular weight is 403 g/mol. The van der Waals surface area contributed by atoms with Crippen molar-refractivity contribution >= 4 is 75.3 Å². The molecule has 9 heteroatoms. The Kier molecular flexibility index (Phi) is 7.49. The Morgan fingerprint density at radius 3 is 2.45 bits per heavy atom. The summed E-state index contributed by atoms with van der Waals surface area (Å²) in [6.07, 6.45) is -1.02. The van der Waals surface area contributed by atoms with Crippen molar-refractivity contribution in [2.24, 2.45) is 0 Å². The van der Waals surface area contributed by atoms with E-state index in [9.17, 15) is 4.79 Å². The largest absolute Gasteiger partial charge is 0.339 e. The molecule has 3 N–H and O–H groups in total. The van der Waals surface area contributed by atoms with E-state index < -0.39 is 15.9 Å². The molecule has 1 atom stereocenters. The molecule has 0 spiro atoms. The van der Waals surface area contributed by atoms with Crippen molar-refractivity contribution in [3.63, 3.8) is 0 Å². The predicted octanol–water partition coefficient (Wildman–Crippen LogP) is 3.64. The van der Waals surface area contributed by atoms with Crippen LogP contribution in [0.1, 0.15) is 11.1 Å². The molecule has 4 nitrogen and oxygen atoms in total. The number of hydrogen-bond acceptors (Lipinski definition) is 2. The molecule has 0 saturated heterocycles. The predicted molar refractivity (Wildman–Crippen MR) is 98.2 cm³/mol. The first kappa shape index (κ1) is 19.6. The first-order valence-corrected chi connectivity index (χ1v) is 8.28. The molecule has 122 valence electrons. The first-order chi connectivity index (χ1) is 10.1. The molecule has 0 aromatic heterocycles. The minimum absolute atomic E-state index is 0.208. The first-order valence-electron chi connectivity index (χ1n) is 6.20. The molecule has 0 bridgehead atoms. The fraction of sp³-hybridized carbons (Fsp3) is 0.385. The zero-order chi connectivity index (χ0) is 16.9. The van der Waals surface area contributed by atoms with Crippen LogP contribution < -0.4 is 16.0 Å². The molecular formula is C13H15Cl4N3OS. The molecule has 1 aromatic carbocycles. The van der Waals surface area contributed by atoms with E-state index in [1.807, 2.05) is 32.0 Å². The fourth-order valence-corrected chi connectivity index (χ4v) is 2.19. The van der Waals surface area contributed by atoms with Gasteiger partial charge in [0.05, 0.1) is 0 Å². The van der Waals surface area contributed by atoms with E-state index in [1.54, 1.807) is 0 Å². The summed E-state index contributed by atoms with van der Waals surface area (Å²) < 4.78 is -1.80. The molecule has 0 unspecified atom stereocenters. The van der Waals surface area contributed by atoms with Crippen molar-refractivity contribution in [3.05, 3.63) is 29.3 Å². The van der Waals surface area contributed by atoms with Crippen molar-refractivity contribution in [2.75, 3.05) is 11.2 Å². The van der Waals surface area contributed by atoms with Crippen molar-refractivity contribution in [3.8, 4) is 0 Å².